The SMILES string of the molecule is CN(C)C(=O)[C@@H]1CCCN1C1(c2ccccc2OC(F)(F)F)C(=O)Nc2ccc(Cl)cc21. The zero-order valence-electron chi connectivity index (χ0n) is 17.4. The van der Waals surface area contributed by atoms with Gasteiger partial charge in [0.2, 0.25) is 5.91 Å². The average molecular weight is 468 g/mol. The molecule has 1 unspecified atom stereocenters. The number of likely N-dealkylation sites (N-methyl/N-ethyl adjacent to an activating group) is 1. The number of likely N-dealkylation sites (tertiary alicyclic amines) is 1. The van der Waals surface area contributed by atoms with Gasteiger partial charge in [-0.15, -0.1) is 13.2 Å². The van der Waals surface area contributed by atoms with Crippen molar-refractivity contribution in [1.29, 1.82) is 0 Å². The van der Waals surface area contributed by atoms with Crippen LogP contribution in [0.25, 0.3) is 0 Å². The van der Waals surface area contributed by atoms with Crippen LogP contribution in [0.5, 0.6) is 5.75 Å². The number of anilines is 1. The fourth-order valence-electron chi connectivity index (χ4n) is 4.67. The number of para-hydroxylation sites is 1. The van der Waals surface area contributed by atoms with Gasteiger partial charge in [0.1, 0.15) is 5.75 Å². The summed E-state index contributed by atoms with van der Waals surface area (Å²) < 4.78 is 44.1. The molecule has 1 fully saturated rings. The third kappa shape index (κ3) is 3.59. The number of halogens is 4. The van der Waals surface area contributed by atoms with Gasteiger partial charge in [-0.1, -0.05) is 29.8 Å². The number of carbonyl (C=O) groups excluding carboxylic acids is 2. The predicted molar refractivity (Wildman–Crippen MR) is 112 cm³/mol. The highest BCUT2D eigenvalue weighted by molar-refractivity contribution is 6.31. The molecule has 2 aliphatic rings. The number of fused-ring (bicyclic) bond motifs is 1. The summed E-state index contributed by atoms with van der Waals surface area (Å²) in [5, 5.41) is 3.08. The van der Waals surface area contributed by atoms with Gasteiger partial charge in [-0.2, -0.15) is 0 Å². The van der Waals surface area contributed by atoms with Crippen molar-refractivity contribution >= 4 is 29.1 Å². The molecule has 4 rings (SSSR count). The fourth-order valence-corrected chi connectivity index (χ4v) is 4.84. The second-order valence-corrected chi connectivity index (χ2v) is 8.42. The van der Waals surface area contributed by atoms with Gasteiger partial charge in [0.25, 0.3) is 5.91 Å². The summed E-state index contributed by atoms with van der Waals surface area (Å²) in [6.07, 6.45) is -3.91. The number of benzene rings is 2. The smallest absolute Gasteiger partial charge is 0.405 e. The van der Waals surface area contributed by atoms with Gasteiger partial charge in [0.15, 0.2) is 5.54 Å². The number of alkyl halides is 3. The monoisotopic (exact) mass is 467 g/mol. The number of rotatable bonds is 4. The highest BCUT2D eigenvalue weighted by Crippen LogP contribution is 2.51. The van der Waals surface area contributed by atoms with E-state index in [0.29, 0.717) is 35.7 Å². The standard InChI is InChI=1S/C22H21ClF3N3O3/c1-28(2)19(30)17-7-5-11-29(17)21(14-6-3-4-8-18(14)32-22(24,25)26)15-12-13(23)9-10-16(15)27-20(21)31/h3-4,6,8-10,12,17H,5,7,11H2,1-2H3,(H,27,31)/t17-,21?/m0/s1. The van der Waals surface area contributed by atoms with E-state index >= 15 is 0 Å². The molecule has 2 amide bonds. The number of hydrogen-bond acceptors (Lipinski definition) is 4. The van der Waals surface area contributed by atoms with Crippen LogP contribution in [0, 0.1) is 0 Å². The Kier molecular flexibility index (Phi) is 5.58. The van der Waals surface area contributed by atoms with Gasteiger partial charge >= 0.3 is 6.36 Å². The Bertz CT molecular complexity index is 1080. The number of hydrogen-bond donors (Lipinski definition) is 1. The van der Waals surface area contributed by atoms with Crippen LogP contribution in [-0.4, -0.2) is 54.7 Å². The minimum absolute atomic E-state index is 0.00528. The van der Waals surface area contributed by atoms with E-state index in [1.807, 2.05) is 0 Å². The molecule has 2 aliphatic heterocycles. The van der Waals surface area contributed by atoms with E-state index in [0.717, 1.165) is 0 Å². The van der Waals surface area contributed by atoms with Crippen LogP contribution >= 0.6 is 11.6 Å². The number of nitrogens with zero attached hydrogens (tertiary/aromatic N) is 2. The Hall–Kier alpha value is -2.78. The third-order valence-electron chi connectivity index (χ3n) is 5.86. The second-order valence-electron chi connectivity index (χ2n) is 7.98. The number of ether oxygens (including phenoxy) is 1. The summed E-state index contributed by atoms with van der Waals surface area (Å²) in [6.45, 7) is 0.323. The lowest BCUT2D eigenvalue weighted by molar-refractivity contribution is -0.275. The lowest BCUT2D eigenvalue weighted by atomic mass is 9.80. The van der Waals surface area contributed by atoms with Crippen molar-refractivity contribution < 1.29 is 27.5 Å². The molecular weight excluding hydrogens is 447 g/mol. The van der Waals surface area contributed by atoms with Gasteiger partial charge in [-0.3, -0.25) is 14.5 Å². The largest absolute Gasteiger partial charge is 0.573 e. The molecule has 170 valence electrons. The molecule has 0 saturated carbocycles. The van der Waals surface area contributed by atoms with Crippen molar-refractivity contribution in [1.82, 2.24) is 9.80 Å². The van der Waals surface area contributed by atoms with E-state index < -0.39 is 29.6 Å². The van der Waals surface area contributed by atoms with Crippen molar-refractivity contribution in [2.24, 2.45) is 0 Å². The summed E-state index contributed by atoms with van der Waals surface area (Å²) in [5.74, 6) is -1.31. The molecule has 0 aliphatic carbocycles. The van der Waals surface area contributed by atoms with Crippen LogP contribution in [-0.2, 0) is 15.1 Å². The zero-order valence-corrected chi connectivity index (χ0v) is 18.1. The Balaban J connectivity index is 2.01. The summed E-state index contributed by atoms with van der Waals surface area (Å²) in [6, 6.07) is 9.55. The topological polar surface area (TPSA) is 61.9 Å². The summed E-state index contributed by atoms with van der Waals surface area (Å²) in [7, 11) is 3.21. The maximum Gasteiger partial charge on any atom is 0.573 e. The van der Waals surface area contributed by atoms with Crippen molar-refractivity contribution in [2.45, 2.75) is 30.8 Å². The molecular formula is C22H21ClF3N3O3. The first kappa shape index (κ1) is 22.4. The second kappa shape index (κ2) is 7.97. The van der Waals surface area contributed by atoms with Crippen LogP contribution in [0.15, 0.2) is 42.5 Å². The molecule has 1 N–H and O–H groups in total. The number of carbonyl (C=O) groups is 2. The minimum atomic E-state index is -4.96. The third-order valence-corrected chi connectivity index (χ3v) is 6.10. The van der Waals surface area contributed by atoms with Crippen molar-refractivity contribution in [3.05, 3.63) is 58.6 Å². The molecule has 0 spiro atoms. The van der Waals surface area contributed by atoms with Crippen LogP contribution in [0.2, 0.25) is 5.02 Å². The van der Waals surface area contributed by atoms with E-state index in [-0.39, 0.29) is 11.5 Å². The van der Waals surface area contributed by atoms with Crippen LogP contribution in [0.3, 0.4) is 0 Å². The summed E-state index contributed by atoms with van der Waals surface area (Å²) >= 11 is 6.24. The first-order valence-electron chi connectivity index (χ1n) is 10.0. The molecule has 0 radical (unpaired) electrons. The molecule has 2 aromatic rings. The lowest BCUT2D eigenvalue weighted by Crippen LogP contribution is -2.57. The normalized spacial score (nSPS) is 23.1. The van der Waals surface area contributed by atoms with Gasteiger partial charge < -0.3 is 15.0 Å². The first-order valence-corrected chi connectivity index (χ1v) is 10.4. The molecule has 2 atom stereocenters. The lowest BCUT2D eigenvalue weighted by Gasteiger charge is -2.41. The average Bonchev–Trinajstić information content (AvgIpc) is 3.29. The highest BCUT2D eigenvalue weighted by atomic mass is 35.5. The molecule has 6 nitrogen and oxygen atoms in total. The maximum absolute atomic E-state index is 13.7. The molecule has 0 aromatic heterocycles. The van der Waals surface area contributed by atoms with E-state index in [9.17, 15) is 22.8 Å². The molecule has 2 aromatic carbocycles. The van der Waals surface area contributed by atoms with E-state index in [1.54, 1.807) is 37.2 Å². The zero-order chi connectivity index (χ0) is 23.3. The Morgan fingerprint density at radius 3 is 2.62 bits per heavy atom. The Morgan fingerprint density at radius 1 is 1.22 bits per heavy atom. The van der Waals surface area contributed by atoms with Crippen molar-refractivity contribution in [3.63, 3.8) is 0 Å². The highest BCUT2D eigenvalue weighted by Gasteiger charge is 2.58. The molecule has 0 bridgehead atoms. The van der Waals surface area contributed by atoms with E-state index in [4.69, 9.17) is 11.6 Å². The summed E-state index contributed by atoms with van der Waals surface area (Å²) in [5.41, 5.74) is -0.931. The maximum atomic E-state index is 13.7. The van der Waals surface area contributed by atoms with Gasteiger partial charge in [-0.05, 0) is 37.1 Å². The molecule has 2 heterocycles. The molecule has 32 heavy (non-hydrogen) atoms. The van der Waals surface area contributed by atoms with Crippen LogP contribution < -0.4 is 10.1 Å². The predicted octanol–water partition coefficient (Wildman–Crippen LogP) is 3.99. The summed E-state index contributed by atoms with van der Waals surface area (Å²) in [4.78, 5) is 29.7. The van der Waals surface area contributed by atoms with Crippen molar-refractivity contribution in [3.8, 4) is 5.75 Å². The van der Waals surface area contributed by atoms with Crippen LogP contribution in [0.1, 0.15) is 24.0 Å². The Labute approximate surface area is 187 Å². The molecule has 10 heteroatoms. The van der Waals surface area contributed by atoms with Crippen molar-refractivity contribution in [2.75, 3.05) is 26.0 Å². The van der Waals surface area contributed by atoms with Gasteiger partial charge in [0, 0.05) is 42.5 Å². The van der Waals surface area contributed by atoms with E-state index in [2.05, 4.69) is 10.1 Å². The first-order chi connectivity index (χ1) is 15.1. The minimum Gasteiger partial charge on any atom is -0.405 e. The van der Waals surface area contributed by atoms with Crippen LogP contribution in [0.4, 0.5) is 18.9 Å². The number of nitrogens with one attached hydrogen (secondary N) is 1. The van der Waals surface area contributed by atoms with Gasteiger partial charge in [-0.25, -0.2) is 0 Å². The Morgan fingerprint density at radius 2 is 1.94 bits per heavy atom. The molecule has 1 saturated heterocycles. The van der Waals surface area contributed by atoms with Gasteiger partial charge in [0.05, 0.1) is 6.04 Å². The number of amides is 2. The fraction of sp³-hybridized carbons (Fsp3) is 0.364. The van der Waals surface area contributed by atoms with E-state index in [1.165, 1.54) is 29.2 Å². The quantitative estimate of drug-likeness (QED) is 0.738.